The predicted octanol–water partition coefficient (Wildman–Crippen LogP) is 3.36. The molecule has 0 bridgehead atoms. The van der Waals surface area contributed by atoms with E-state index in [-0.39, 0.29) is 6.10 Å². The van der Waals surface area contributed by atoms with Crippen molar-refractivity contribution in [1.82, 2.24) is 4.98 Å². The van der Waals surface area contributed by atoms with Crippen LogP contribution in [0, 0.1) is 12.8 Å². The molecule has 0 amide bonds. The summed E-state index contributed by atoms with van der Waals surface area (Å²) in [5, 5.41) is 14.4. The number of pyridine rings is 1. The molecule has 0 spiro atoms. The first kappa shape index (κ1) is 13.8. The van der Waals surface area contributed by atoms with Gasteiger partial charge >= 0.3 is 0 Å². The summed E-state index contributed by atoms with van der Waals surface area (Å²) in [6.07, 6.45) is 2.34. The minimum absolute atomic E-state index is 0.248. The molecular formula is C16H22N2O. The van der Waals surface area contributed by atoms with Crippen molar-refractivity contribution in [2.24, 2.45) is 5.92 Å². The number of anilines is 1. The number of aliphatic hydroxyl groups excluding tert-OH is 1. The fraction of sp³-hybridized carbons (Fsp3) is 0.438. The van der Waals surface area contributed by atoms with Crippen LogP contribution in [-0.4, -0.2) is 22.7 Å². The molecule has 0 radical (unpaired) electrons. The second kappa shape index (κ2) is 6.02. The number of para-hydroxylation sites is 1. The Morgan fingerprint density at radius 1 is 1.26 bits per heavy atom. The Kier molecular flexibility index (Phi) is 4.38. The van der Waals surface area contributed by atoms with Crippen molar-refractivity contribution in [2.75, 3.05) is 11.9 Å². The summed E-state index contributed by atoms with van der Waals surface area (Å²) < 4.78 is 0. The maximum atomic E-state index is 9.81. The van der Waals surface area contributed by atoms with Crippen LogP contribution < -0.4 is 5.32 Å². The number of aliphatic hydroxyl groups is 1. The summed E-state index contributed by atoms with van der Waals surface area (Å²) in [6.45, 7) is 6.92. The third-order valence-corrected chi connectivity index (χ3v) is 3.50. The van der Waals surface area contributed by atoms with E-state index in [9.17, 15) is 5.11 Å². The molecule has 0 fully saturated rings. The Bertz CT molecular complexity index is 551. The van der Waals surface area contributed by atoms with Gasteiger partial charge in [-0.25, -0.2) is 0 Å². The van der Waals surface area contributed by atoms with Gasteiger partial charge in [0.25, 0.3) is 0 Å². The molecule has 3 heteroatoms. The van der Waals surface area contributed by atoms with Crippen LogP contribution in [0.15, 0.2) is 30.5 Å². The third kappa shape index (κ3) is 3.24. The van der Waals surface area contributed by atoms with Gasteiger partial charge < -0.3 is 10.4 Å². The molecule has 2 aromatic rings. The quantitative estimate of drug-likeness (QED) is 0.864. The number of hydrogen-bond donors (Lipinski definition) is 2. The van der Waals surface area contributed by atoms with E-state index < -0.39 is 0 Å². The van der Waals surface area contributed by atoms with E-state index in [1.165, 1.54) is 5.56 Å². The topological polar surface area (TPSA) is 45.1 Å². The molecule has 2 rings (SSSR count). The van der Waals surface area contributed by atoms with Crippen molar-refractivity contribution >= 4 is 16.6 Å². The van der Waals surface area contributed by atoms with Gasteiger partial charge in [-0.2, -0.15) is 0 Å². The lowest BCUT2D eigenvalue weighted by molar-refractivity contribution is 0.120. The van der Waals surface area contributed by atoms with E-state index in [0.29, 0.717) is 5.92 Å². The SMILES string of the molecule is Cc1cccc2c(NCCC(O)C(C)C)ccnc12. The zero-order valence-electron chi connectivity index (χ0n) is 11.9. The van der Waals surface area contributed by atoms with E-state index in [1.807, 2.05) is 32.2 Å². The maximum absolute atomic E-state index is 9.81. The van der Waals surface area contributed by atoms with Crippen molar-refractivity contribution in [2.45, 2.75) is 33.3 Å². The van der Waals surface area contributed by atoms with Gasteiger partial charge in [-0.3, -0.25) is 4.98 Å². The molecule has 0 aliphatic carbocycles. The third-order valence-electron chi connectivity index (χ3n) is 3.50. The van der Waals surface area contributed by atoms with Gasteiger partial charge in [0.05, 0.1) is 11.6 Å². The van der Waals surface area contributed by atoms with Crippen LogP contribution in [-0.2, 0) is 0 Å². The van der Waals surface area contributed by atoms with Crippen LogP contribution in [0.3, 0.4) is 0 Å². The number of aryl methyl sites for hydroxylation is 1. The van der Waals surface area contributed by atoms with Crippen molar-refractivity contribution in [3.05, 3.63) is 36.0 Å². The van der Waals surface area contributed by atoms with Crippen LogP contribution >= 0.6 is 0 Å². The Balaban J connectivity index is 2.11. The van der Waals surface area contributed by atoms with E-state index in [2.05, 4.69) is 29.4 Å². The van der Waals surface area contributed by atoms with Crippen LogP contribution in [0.25, 0.3) is 10.9 Å². The largest absolute Gasteiger partial charge is 0.393 e. The highest BCUT2D eigenvalue weighted by Crippen LogP contribution is 2.23. The molecule has 2 N–H and O–H groups in total. The van der Waals surface area contributed by atoms with Crippen LogP contribution in [0.1, 0.15) is 25.8 Å². The molecule has 0 saturated carbocycles. The lowest BCUT2D eigenvalue weighted by Crippen LogP contribution is -2.19. The van der Waals surface area contributed by atoms with Gasteiger partial charge in [0.2, 0.25) is 0 Å². The highest BCUT2D eigenvalue weighted by atomic mass is 16.3. The molecule has 0 saturated heterocycles. The Morgan fingerprint density at radius 2 is 2.05 bits per heavy atom. The smallest absolute Gasteiger partial charge is 0.0751 e. The fourth-order valence-corrected chi connectivity index (χ4v) is 2.17. The number of hydrogen-bond acceptors (Lipinski definition) is 3. The maximum Gasteiger partial charge on any atom is 0.0751 e. The van der Waals surface area contributed by atoms with Gasteiger partial charge in [-0.1, -0.05) is 32.0 Å². The minimum Gasteiger partial charge on any atom is -0.393 e. The van der Waals surface area contributed by atoms with Gasteiger partial charge in [0.1, 0.15) is 0 Å². The minimum atomic E-state index is -0.248. The number of nitrogens with one attached hydrogen (secondary N) is 1. The van der Waals surface area contributed by atoms with Crippen molar-refractivity contribution in [1.29, 1.82) is 0 Å². The number of nitrogens with zero attached hydrogens (tertiary/aromatic N) is 1. The molecule has 1 unspecified atom stereocenters. The molecule has 0 aliphatic rings. The standard InChI is InChI=1S/C16H22N2O/c1-11(2)15(19)8-10-17-14-7-9-18-16-12(3)5-4-6-13(14)16/h4-7,9,11,15,19H,8,10H2,1-3H3,(H,17,18). The molecule has 1 atom stereocenters. The van der Waals surface area contributed by atoms with Gasteiger partial charge in [-0.05, 0) is 30.9 Å². The number of fused-ring (bicyclic) bond motifs is 1. The summed E-state index contributed by atoms with van der Waals surface area (Å²) in [4.78, 5) is 4.42. The average molecular weight is 258 g/mol. The van der Waals surface area contributed by atoms with Gasteiger partial charge in [0, 0.05) is 23.8 Å². The van der Waals surface area contributed by atoms with E-state index in [1.54, 1.807) is 0 Å². The molecule has 1 heterocycles. The summed E-state index contributed by atoms with van der Waals surface area (Å²) in [5.41, 5.74) is 3.31. The average Bonchev–Trinajstić information content (AvgIpc) is 2.39. The molecule has 102 valence electrons. The Morgan fingerprint density at radius 3 is 2.79 bits per heavy atom. The summed E-state index contributed by atoms with van der Waals surface area (Å²) in [6, 6.07) is 8.19. The van der Waals surface area contributed by atoms with Crippen molar-refractivity contribution < 1.29 is 5.11 Å². The molecular weight excluding hydrogens is 236 g/mol. The lowest BCUT2D eigenvalue weighted by Gasteiger charge is -2.16. The first-order valence-electron chi connectivity index (χ1n) is 6.86. The zero-order valence-corrected chi connectivity index (χ0v) is 11.9. The monoisotopic (exact) mass is 258 g/mol. The second-order valence-electron chi connectivity index (χ2n) is 5.36. The highest BCUT2D eigenvalue weighted by molar-refractivity contribution is 5.92. The van der Waals surface area contributed by atoms with Crippen LogP contribution in [0.4, 0.5) is 5.69 Å². The summed E-state index contributed by atoms with van der Waals surface area (Å²) >= 11 is 0. The molecule has 1 aromatic carbocycles. The van der Waals surface area contributed by atoms with Crippen molar-refractivity contribution in [3.63, 3.8) is 0 Å². The second-order valence-corrected chi connectivity index (χ2v) is 5.36. The van der Waals surface area contributed by atoms with Crippen LogP contribution in [0.5, 0.6) is 0 Å². The number of aromatic nitrogens is 1. The first-order valence-corrected chi connectivity index (χ1v) is 6.86. The lowest BCUT2D eigenvalue weighted by atomic mass is 10.0. The number of rotatable bonds is 5. The summed E-state index contributed by atoms with van der Waals surface area (Å²) in [5.74, 6) is 0.304. The molecule has 1 aromatic heterocycles. The molecule has 0 aliphatic heterocycles. The molecule has 3 nitrogen and oxygen atoms in total. The van der Waals surface area contributed by atoms with Crippen LogP contribution in [0.2, 0.25) is 0 Å². The molecule has 19 heavy (non-hydrogen) atoms. The van der Waals surface area contributed by atoms with E-state index in [0.717, 1.165) is 29.6 Å². The van der Waals surface area contributed by atoms with E-state index in [4.69, 9.17) is 0 Å². The van der Waals surface area contributed by atoms with Gasteiger partial charge in [0.15, 0.2) is 0 Å². The fourth-order valence-electron chi connectivity index (χ4n) is 2.17. The Hall–Kier alpha value is -1.61. The summed E-state index contributed by atoms with van der Waals surface area (Å²) in [7, 11) is 0. The van der Waals surface area contributed by atoms with E-state index >= 15 is 0 Å². The zero-order chi connectivity index (χ0) is 13.8. The Labute approximate surface area is 114 Å². The normalized spacial score (nSPS) is 12.9. The number of benzene rings is 1. The van der Waals surface area contributed by atoms with Gasteiger partial charge in [-0.15, -0.1) is 0 Å². The predicted molar refractivity (Wildman–Crippen MR) is 80.4 cm³/mol. The van der Waals surface area contributed by atoms with Crippen molar-refractivity contribution in [3.8, 4) is 0 Å². The first-order chi connectivity index (χ1) is 9.09. The highest BCUT2D eigenvalue weighted by Gasteiger charge is 2.09.